The highest BCUT2D eigenvalue weighted by molar-refractivity contribution is 7.71. The molecule has 1 fully saturated rings. The van der Waals surface area contributed by atoms with Crippen LogP contribution in [0.2, 0.25) is 0 Å². The van der Waals surface area contributed by atoms with E-state index in [1.54, 1.807) is 0 Å². The molecule has 0 aromatic carbocycles. The molecular weight excluding hydrogens is 182 g/mol. The van der Waals surface area contributed by atoms with Gasteiger partial charge in [-0.2, -0.15) is 5.10 Å². The van der Waals surface area contributed by atoms with Gasteiger partial charge in [-0.25, -0.2) is 0 Å². The molecule has 1 aliphatic rings. The lowest BCUT2D eigenvalue weighted by atomic mass is 9.95. The molecule has 1 N–H and O–H groups in total. The average Bonchev–Trinajstić information content (AvgIpc) is 2.48. The van der Waals surface area contributed by atoms with Gasteiger partial charge in [0.2, 0.25) is 0 Å². The van der Waals surface area contributed by atoms with Crippen LogP contribution in [0.25, 0.3) is 0 Å². The molecular formula is C9H15N3S. The van der Waals surface area contributed by atoms with Gasteiger partial charge in [-0.05, 0) is 32.0 Å². The van der Waals surface area contributed by atoms with E-state index in [4.69, 9.17) is 12.2 Å². The molecule has 1 aromatic rings. The van der Waals surface area contributed by atoms with Gasteiger partial charge in [0.1, 0.15) is 5.82 Å². The standard InChI is InChI=1S/C9H15N3S/c1-7-10-11-9(13)12(7)8-5-3-2-4-6-8/h8H,2-6H2,1H3,(H,11,13). The van der Waals surface area contributed by atoms with Gasteiger partial charge in [-0.1, -0.05) is 19.3 Å². The van der Waals surface area contributed by atoms with Crippen LogP contribution >= 0.6 is 12.2 Å². The van der Waals surface area contributed by atoms with Gasteiger partial charge < -0.3 is 4.57 Å². The fourth-order valence-corrected chi connectivity index (χ4v) is 2.48. The largest absolute Gasteiger partial charge is 0.301 e. The van der Waals surface area contributed by atoms with Gasteiger partial charge in [0.15, 0.2) is 4.77 Å². The Morgan fingerprint density at radius 2 is 2.08 bits per heavy atom. The van der Waals surface area contributed by atoms with Crippen LogP contribution in [-0.4, -0.2) is 14.8 Å². The summed E-state index contributed by atoms with van der Waals surface area (Å²) in [5, 5.41) is 6.99. The van der Waals surface area contributed by atoms with Crippen molar-refractivity contribution in [1.82, 2.24) is 14.8 Å². The predicted molar refractivity (Wildman–Crippen MR) is 54.3 cm³/mol. The minimum absolute atomic E-state index is 0.597. The van der Waals surface area contributed by atoms with Crippen LogP contribution in [0.15, 0.2) is 0 Å². The Morgan fingerprint density at radius 1 is 1.38 bits per heavy atom. The summed E-state index contributed by atoms with van der Waals surface area (Å²) in [5.74, 6) is 1.02. The van der Waals surface area contributed by atoms with Crippen molar-refractivity contribution in [3.63, 3.8) is 0 Å². The smallest absolute Gasteiger partial charge is 0.195 e. The minimum Gasteiger partial charge on any atom is -0.301 e. The molecule has 0 saturated heterocycles. The predicted octanol–water partition coefficient (Wildman–Crippen LogP) is 2.75. The molecule has 1 heterocycles. The zero-order valence-corrected chi connectivity index (χ0v) is 8.73. The number of rotatable bonds is 1. The molecule has 0 aliphatic heterocycles. The summed E-state index contributed by atoms with van der Waals surface area (Å²) in [6, 6.07) is 0.597. The van der Waals surface area contributed by atoms with E-state index in [0.29, 0.717) is 6.04 Å². The van der Waals surface area contributed by atoms with E-state index >= 15 is 0 Å². The van der Waals surface area contributed by atoms with Gasteiger partial charge >= 0.3 is 0 Å². The van der Waals surface area contributed by atoms with Crippen molar-refractivity contribution in [2.45, 2.75) is 45.1 Å². The summed E-state index contributed by atoms with van der Waals surface area (Å²) in [4.78, 5) is 0. The Hall–Kier alpha value is -0.640. The second-order valence-corrected chi connectivity index (χ2v) is 4.12. The highest BCUT2D eigenvalue weighted by atomic mass is 32.1. The minimum atomic E-state index is 0.597. The molecule has 13 heavy (non-hydrogen) atoms. The van der Waals surface area contributed by atoms with Gasteiger partial charge in [-0.3, -0.25) is 5.10 Å². The van der Waals surface area contributed by atoms with E-state index in [1.807, 2.05) is 6.92 Å². The third-order valence-corrected chi connectivity index (χ3v) is 3.11. The first kappa shape index (κ1) is 8.94. The Kier molecular flexibility index (Phi) is 2.49. The lowest BCUT2D eigenvalue weighted by molar-refractivity contribution is 0.345. The van der Waals surface area contributed by atoms with Gasteiger partial charge in [0, 0.05) is 6.04 Å². The van der Waals surface area contributed by atoms with Crippen LogP contribution in [0.5, 0.6) is 0 Å². The maximum absolute atomic E-state index is 5.20. The molecule has 0 bridgehead atoms. The van der Waals surface area contributed by atoms with Crippen molar-refractivity contribution in [2.75, 3.05) is 0 Å². The first-order chi connectivity index (χ1) is 6.29. The van der Waals surface area contributed by atoms with Crippen molar-refractivity contribution in [3.05, 3.63) is 10.6 Å². The molecule has 1 aliphatic carbocycles. The lowest BCUT2D eigenvalue weighted by Crippen LogP contribution is -2.14. The summed E-state index contributed by atoms with van der Waals surface area (Å²) in [6.45, 7) is 2.01. The van der Waals surface area contributed by atoms with Crippen LogP contribution in [-0.2, 0) is 0 Å². The molecule has 72 valence electrons. The number of aryl methyl sites for hydroxylation is 1. The van der Waals surface area contributed by atoms with Crippen molar-refractivity contribution < 1.29 is 0 Å². The van der Waals surface area contributed by atoms with E-state index in [9.17, 15) is 0 Å². The Morgan fingerprint density at radius 3 is 2.62 bits per heavy atom. The topological polar surface area (TPSA) is 33.6 Å². The maximum Gasteiger partial charge on any atom is 0.195 e. The van der Waals surface area contributed by atoms with E-state index in [-0.39, 0.29) is 0 Å². The molecule has 0 radical (unpaired) electrons. The molecule has 4 heteroatoms. The molecule has 2 rings (SSSR count). The molecule has 0 unspecified atom stereocenters. The van der Waals surface area contributed by atoms with E-state index in [0.717, 1.165) is 10.6 Å². The first-order valence-corrected chi connectivity index (χ1v) is 5.33. The number of nitrogens with one attached hydrogen (secondary N) is 1. The van der Waals surface area contributed by atoms with E-state index in [2.05, 4.69) is 14.8 Å². The summed E-state index contributed by atoms with van der Waals surface area (Å²) >= 11 is 5.20. The Balaban J connectivity index is 2.27. The Bertz CT molecular complexity index is 333. The van der Waals surface area contributed by atoms with Crippen LogP contribution in [0.3, 0.4) is 0 Å². The third kappa shape index (κ3) is 1.68. The van der Waals surface area contributed by atoms with Crippen molar-refractivity contribution in [3.8, 4) is 0 Å². The summed E-state index contributed by atoms with van der Waals surface area (Å²) in [7, 11) is 0. The quantitative estimate of drug-likeness (QED) is 0.702. The summed E-state index contributed by atoms with van der Waals surface area (Å²) in [6.07, 6.45) is 6.55. The number of aromatic amines is 1. The lowest BCUT2D eigenvalue weighted by Gasteiger charge is -2.23. The zero-order valence-electron chi connectivity index (χ0n) is 7.92. The van der Waals surface area contributed by atoms with Crippen molar-refractivity contribution in [2.24, 2.45) is 0 Å². The molecule has 1 saturated carbocycles. The number of nitrogens with zero attached hydrogens (tertiary/aromatic N) is 2. The SMILES string of the molecule is Cc1n[nH]c(=S)n1C1CCCCC1. The molecule has 0 spiro atoms. The normalized spacial score (nSPS) is 19.2. The molecule has 1 aromatic heterocycles. The second-order valence-electron chi connectivity index (χ2n) is 3.74. The highest BCUT2D eigenvalue weighted by Gasteiger charge is 2.17. The Labute approximate surface area is 83.2 Å². The van der Waals surface area contributed by atoms with E-state index in [1.165, 1.54) is 32.1 Å². The second kappa shape index (κ2) is 3.62. The van der Waals surface area contributed by atoms with Crippen LogP contribution in [0.4, 0.5) is 0 Å². The maximum atomic E-state index is 5.20. The molecule has 0 atom stereocenters. The van der Waals surface area contributed by atoms with Crippen molar-refractivity contribution in [1.29, 1.82) is 0 Å². The number of hydrogen-bond donors (Lipinski definition) is 1. The van der Waals surface area contributed by atoms with Gasteiger partial charge in [0.05, 0.1) is 0 Å². The van der Waals surface area contributed by atoms with Gasteiger partial charge in [0.25, 0.3) is 0 Å². The van der Waals surface area contributed by atoms with E-state index < -0.39 is 0 Å². The third-order valence-electron chi connectivity index (χ3n) is 2.82. The van der Waals surface area contributed by atoms with Gasteiger partial charge in [-0.15, -0.1) is 0 Å². The first-order valence-electron chi connectivity index (χ1n) is 4.92. The van der Waals surface area contributed by atoms with Crippen LogP contribution < -0.4 is 0 Å². The summed E-state index contributed by atoms with van der Waals surface area (Å²) < 4.78 is 2.96. The zero-order chi connectivity index (χ0) is 9.26. The number of aromatic nitrogens is 3. The number of hydrogen-bond acceptors (Lipinski definition) is 2. The average molecular weight is 197 g/mol. The van der Waals surface area contributed by atoms with Crippen LogP contribution in [0, 0.1) is 11.7 Å². The molecule has 3 nitrogen and oxygen atoms in total. The van der Waals surface area contributed by atoms with Crippen LogP contribution in [0.1, 0.15) is 44.0 Å². The van der Waals surface area contributed by atoms with Crippen molar-refractivity contribution >= 4 is 12.2 Å². The fourth-order valence-electron chi connectivity index (χ4n) is 2.15. The molecule has 0 amide bonds. The number of H-pyrrole nitrogens is 1. The monoisotopic (exact) mass is 197 g/mol. The summed E-state index contributed by atoms with van der Waals surface area (Å²) in [5.41, 5.74) is 0. The highest BCUT2D eigenvalue weighted by Crippen LogP contribution is 2.28. The fraction of sp³-hybridized carbons (Fsp3) is 0.778.